The topological polar surface area (TPSA) is 17.8 Å². The van der Waals surface area contributed by atoms with E-state index in [1.165, 1.54) is 26.4 Å². The van der Waals surface area contributed by atoms with Gasteiger partial charge in [-0.3, -0.25) is 0 Å². The van der Waals surface area contributed by atoms with Crippen LogP contribution in [0.5, 0.6) is 0 Å². The van der Waals surface area contributed by atoms with Crippen LogP contribution < -0.4 is 21.3 Å². The van der Waals surface area contributed by atoms with E-state index < -0.39 is 7.26 Å². The third-order valence-electron chi connectivity index (χ3n) is 6.28. The summed E-state index contributed by atoms with van der Waals surface area (Å²) >= 11 is 1.91. The van der Waals surface area contributed by atoms with Gasteiger partial charge in [0.1, 0.15) is 26.8 Å². The van der Waals surface area contributed by atoms with Gasteiger partial charge in [0, 0.05) is 12.1 Å². The molecule has 0 saturated carbocycles. The molecule has 0 unspecified atom stereocenters. The number of aromatic nitrogens is 2. The van der Waals surface area contributed by atoms with Crippen molar-refractivity contribution < 1.29 is 0 Å². The maximum Gasteiger partial charge on any atom is 0.230 e. The average Bonchev–Trinajstić information content (AvgIpc) is 3.30. The van der Waals surface area contributed by atoms with Gasteiger partial charge in [-0.05, 0) is 49.1 Å². The van der Waals surface area contributed by atoms with Gasteiger partial charge in [0.2, 0.25) is 5.44 Å². The minimum absolute atomic E-state index is 0.873. The van der Waals surface area contributed by atoms with Crippen molar-refractivity contribution in [3.63, 3.8) is 0 Å². The van der Waals surface area contributed by atoms with Crippen LogP contribution in [-0.2, 0) is 6.54 Å². The lowest BCUT2D eigenvalue weighted by atomic mass is 10.2. The van der Waals surface area contributed by atoms with Crippen LogP contribution in [0.3, 0.4) is 0 Å². The Balaban J connectivity index is 1.94. The van der Waals surface area contributed by atoms with Gasteiger partial charge in [-0.1, -0.05) is 91.9 Å². The van der Waals surface area contributed by atoms with E-state index in [0.717, 1.165) is 23.7 Å². The van der Waals surface area contributed by atoms with Gasteiger partial charge in [0.15, 0.2) is 7.26 Å². The Hall–Kier alpha value is -3.13. The third-order valence-corrected chi connectivity index (χ3v) is 11.6. The van der Waals surface area contributed by atoms with Crippen LogP contribution in [0.4, 0.5) is 0 Å². The Bertz CT molecular complexity index is 1270. The fourth-order valence-electron chi connectivity index (χ4n) is 4.79. The first kappa shape index (κ1) is 23.6. The number of benzene rings is 4. The zero-order valence-corrected chi connectivity index (χ0v) is 21.9. The van der Waals surface area contributed by atoms with Crippen molar-refractivity contribution in [2.24, 2.45) is 0 Å². The van der Waals surface area contributed by atoms with Crippen LogP contribution in [-0.4, -0.2) is 15.3 Å². The molecule has 0 spiro atoms. The summed E-state index contributed by atoms with van der Waals surface area (Å²) in [6, 6.07) is 43.7. The van der Waals surface area contributed by atoms with E-state index in [2.05, 4.69) is 140 Å². The van der Waals surface area contributed by atoms with E-state index in [0.29, 0.717) is 0 Å². The molecule has 0 aliphatic rings. The summed E-state index contributed by atoms with van der Waals surface area (Å²) in [7, 11) is -2.27. The molecule has 35 heavy (non-hydrogen) atoms. The average molecular weight is 494 g/mol. The summed E-state index contributed by atoms with van der Waals surface area (Å²) in [5.41, 5.74) is 2.36. The highest BCUT2D eigenvalue weighted by atomic mass is 32.2. The summed E-state index contributed by atoms with van der Waals surface area (Å²) < 4.78 is 2.42. The van der Waals surface area contributed by atoms with E-state index in [-0.39, 0.29) is 0 Å². The van der Waals surface area contributed by atoms with Crippen molar-refractivity contribution in [2.45, 2.75) is 25.4 Å². The fraction of sp³-hybridized carbons (Fsp3) is 0.129. The van der Waals surface area contributed by atoms with Crippen LogP contribution in [0, 0.1) is 0 Å². The standard InChI is InChI=1S/C31H30N2PS/c1-3-33-29(25-17-9-5-10-18-25)32-30(31(33)35-4-2)34(26-19-11-6-12-20-26,27-21-13-7-14-22-27)28-23-15-8-16-24-28/h5-24H,3-4H2,1-2H3/q+1. The van der Waals surface area contributed by atoms with E-state index in [4.69, 9.17) is 4.98 Å². The summed E-state index contributed by atoms with van der Waals surface area (Å²) in [5.74, 6) is 2.04. The van der Waals surface area contributed by atoms with Crippen molar-refractivity contribution in [3.8, 4) is 11.4 Å². The number of hydrogen-bond acceptors (Lipinski definition) is 2. The molecule has 0 aliphatic heterocycles. The zero-order chi connectivity index (χ0) is 24.1. The smallest absolute Gasteiger partial charge is 0.230 e. The van der Waals surface area contributed by atoms with Crippen LogP contribution in [0.2, 0.25) is 0 Å². The first-order valence-electron chi connectivity index (χ1n) is 12.2. The Morgan fingerprint density at radius 3 is 1.46 bits per heavy atom. The minimum atomic E-state index is -2.27. The summed E-state index contributed by atoms with van der Waals surface area (Å²) in [6.45, 7) is 5.33. The molecule has 1 heterocycles. The molecule has 4 heteroatoms. The van der Waals surface area contributed by atoms with E-state index in [1.54, 1.807) is 0 Å². The van der Waals surface area contributed by atoms with E-state index >= 15 is 0 Å². The molecular weight excluding hydrogens is 463 g/mol. The second-order valence-corrected chi connectivity index (χ2v) is 12.9. The molecule has 2 nitrogen and oxygen atoms in total. The molecule has 174 valence electrons. The largest absolute Gasteiger partial charge is 0.316 e. The highest BCUT2D eigenvalue weighted by molar-refractivity contribution is 8.04. The Labute approximate surface area is 213 Å². The lowest BCUT2D eigenvalue weighted by Crippen LogP contribution is -2.40. The quantitative estimate of drug-likeness (QED) is 0.186. The van der Waals surface area contributed by atoms with Gasteiger partial charge in [0.05, 0.1) is 0 Å². The Morgan fingerprint density at radius 1 is 0.629 bits per heavy atom. The second kappa shape index (κ2) is 10.6. The van der Waals surface area contributed by atoms with Gasteiger partial charge >= 0.3 is 0 Å². The highest BCUT2D eigenvalue weighted by Crippen LogP contribution is 2.56. The highest BCUT2D eigenvalue weighted by Gasteiger charge is 2.52. The van der Waals surface area contributed by atoms with Crippen molar-refractivity contribution in [3.05, 3.63) is 121 Å². The van der Waals surface area contributed by atoms with Crippen LogP contribution in [0.1, 0.15) is 13.8 Å². The zero-order valence-electron chi connectivity index (χ0n) is 20.2. The Kier molecular flexibility index (Phi) is 7.18. The number of nitrogens with zero attached hydrogens (tertiary/aromatic N) is 2. The Morgan fingerprint density at radius 2 is 1.06 bits per heavy atom. The molecule has 4 aromatic carbocycles. The van der Waals surface area contributed by atoms with Crippen LogP contribution >= 0.6 is 19.0 Å². The maximum absolute atomic E-state index is 5.56. The number of rotatable bonds is 8. The number of hydrogen-bond donors (Lipinski definition) is 0. The molecule has 0 atom stereocenters. The molecule has 0 bridgehead atoms. The van der Waals surface area contributed by atoms with Crippen molar-refractivity contribution >= 4 is 40.4 Å². The monoisotopic (exact) mass is 493 g/mol. The molecule has 0 aliphatic carbocycles. The van der Waals surface area contributed by atoms with Crippen LogP contribution in [0.25, 0.3) is 11.4 Å². The summed E-state index contributed by atoms with van der Waals surface area (Å²) in [6.07, 6.45) is 0. The fourth-order valence-corrected chi connectivity index (χ4v) is 10.4. The maximum atomic E-state index is 5.56. The van der Waals surface area contributed by atoms with Crippen LogP contribution in [0.15, 0.2) is 126 Å². The normalized spacial score (nSPS) is 11.5. The lowest BCUT2D eigenvalue weighted by Gasteiger charge is -2.26. The molecule has 0 fully saturated rings. The van der Waals surface area contributed by atoms with Gasteiger partial charge in [-0.15, -0.1) is 11.8 Å². The van der Waals surface area contributed by atoms with Gasteiger partial charge < -0.3 is 4.57 Å². The SMILES string of the molecule is CCSc1c([P+](c2ccccc2)(c2ccccc2)c2ccccc2)nc(-c2ccccc2)n1CC. The first-order chi connectivity index (χ1) is 17.3. The van der Waals surface area contributed by atoms with Gasteiger partial charge in [-0.25, -0.2) is 0 Å². The molecule has 0 amide bonds. The van der Waals surface area contributed by atoms with E-state index in [9.17, 15) is 0 Å². The summed E-state index contributed by atoms with van der Waals surface area (Å²) in [5, 5.41) is 5.26. The molecule has 0 radical (unpaired) electrons. The molecule has 1 aromatic heterocycles. The molecule has 0 N–H and O–H groups in total. The molecule has 5 rings (SSSR count). The minimum Gasteiger partial charge on any atom is -0.316 e. The predicted octanol–water partition coefficient (Wildman–Crippen LogP) is 6.30. The number of imidazole rings is 1. The van der Waals surface area contributed by atoms with Gasteiger partial charge in [-0.2, -0.15) is 4.98 Å². The number of thioether (sulfide) groups is 1. The lowest BCUT2D eigenvalue weighted by molar-refractivity contribution is 0.711. The second-order valence-electron chi connectivity index (χ2n) is 8.28. The molecule has 0 saturated heterocycles. The summed E-state index contributed by atoms with van der Waals surface area (Å²) in [4.78, 5) is 5.56. The molecule has 5 aromatic rings. The van der Waals surface area contributed by atoms with Gasteiger partial charge in [0.25, 0.3) is 0 Å². The first-order valence-corrected chi connectivity index (χ1v) is 14.9. The van der Waals surface area contributed by atoms with Crippen molar-refractivity contribution in [2.75, 3.05) is 5.75 Å². The van der Waals surface area contributed by atoms with Crippen molar-refractivity contribution in [1.82, 2.24) is 9.55 Å². The van der Waals surface area contributed by atoms with E-state index in [1.807, 2.05) is 11.8 Å². The third kappa shape index (κ3) is 4.24. The van der Waals surface area contributed by atoms with Crippen molar-refractivity contribution in [1.29, 1.82) is 0 Å². The molecular formula is C31H30N2PS+. The predicted molar refractivity (Wildman–Crippen MR) is 155 cm³/mol.